The fourth-order valence-corrected chi connectivity index (χ4v) is 2.45. The summed E-state index contributed by atoms with van der Waals surface area (Å²) < 4.78 is 5.77. The Morgan fingerprint density at radius 1 is 1.25 bits per heavy atom. The van der Waals surface area contributed by atoms with E-state index in [1.54, 1.807) is 0 Å². The van der Waals surface area contributed by atoms with Crippen LogP contribution in [0.25, 0.3) is 0 Å². The van der Waals surface area contributed by atoms with Crippen molar-refractivity contribution in [2.45, 2.75) is 25.9 Å². The molecular formula is C12H22N2O2. The summed E-state index contributed by atoms with van der Waals surface area (Å²) in [5, 5.41) is 0. The summed E-state index contributed by atoms with van der Waals surface area (Å²) in [5.41, 5.74) is 0. The van der Waals surface area contributed by atoms with Crippen molar-refractivity contribution in [2.75, 3.05) is 45.9 Å². The highest BCUT2D eigenvalue weighted by molar-refractivity contribution is 5.79. The van der Waals surface area contributed by atoms with Crippen molar-refractivity contribution in [1.29, 1.82) is 0 Å². The predicted octanol–water partition coefficient (Wildman–Crippen LogP) is 0.372. The third-order valence-electron chi connectivity index (χ3n) is 3.55. The van der Waals surface area contributed by atoms with Gasteiger partial charge in [0.1, 0.15) is 5.78 Å². The minimum Gasteiger partial charge on any atom is -0.374 e. The number of carbonyl (C=O) groups is 1. The van der Waals surface area contributed by atoms with E-state index in [4.69, 9.17) is 4.74 Å². The second-order valence-corrected chi connectivity index (χ2v) is 4.73. The number of Topliss-reactive ketones (excluding diaryl/α,β-unsaturated/α-hetero) is 1. The summed E-state index contributed by atoms with van der Waals surface area (Å²) in [4.78, 5) is 15.9. The molecule has 2 rings (SSSR count). The van der Waals surface area contributed by atoms with Crippen molar-refractivity contribution >= 4 is 5.78 Å². The van der Waals surface area contributed by atoms with Gasteiger partial charge in [-0.15, -0.1) is 0 Å². The maximum absolute atomic E-state index is 11.1. The van der Waals surface area contributed by atoms with Gasteiger partial charge in [0, 0.05) is 45.6 Å². The Hall–Kier alpha value is -0.450. The number of likely N-dealkylation sites (N-methyl/N-ethyl adjacent to an activating group) is 1. The number of piperidine rings is 1. The summed E-state index contributed by atoms with van der Waals surface area (Å²) in [6.07, 6.45) is 1.79. The molecule has 0 aromatic rings. The van der Waals surface area contributed by atoms with E-state index in [1.807, 2.05) is 0 Å². The molecule has 16 heavy (non-hydrogen) atoms. The van der Waals surface area contributed by atoms with Crippen LogP contribution >= 0.6 is 0 Å². The Kier molecular flexibility index (Phi) is 4.32. The molecule has 0 aliphatic carbocycles. The van der Waals surface area contributed by atoms with E-state index in [1.165, 1.54) is 0 Å². The normalized spacial score (nSPS) is 29.6. The maximum atomic E-state index is 11.1. The maximum Gasteiger partial charge on any atom is 0.135 e. The van der Waals surface area contributed by atoms with Gasteiger partial charge >= 0.3 is 0 Å². The van der Waals surface area contributed by atoms with Crippen LogP contribution in [-0.2, 0) is 9.53 Å². The van der Waals surface area contributed by atoms with Crippen LogP contribution in [0.3, 0.4) is 0 Å². The number of carbonyl (C=O) groups excluding carboxylic acids is 1. The van der Waals surface area contributed by atoms with Crippen molar-refractivity contribution in [3.63, 3.8) is 0 Å². The van der Waals surface area contributed by atoms with E-state index in [0.717, 1.165) is 58.7 Å². The van der Waals surface area contributed by atoms with Gasteiger partial charge in [0.2, 0.25) is 0 Å². The molecule has 2 aliphatic heterocycles. The van der Waals surface area contributed by atoms with Gasteiger partial charge in [-0.05, 0) is 6.54 Å². The van der Waals surface area contributed by atoms with Crippen LogP contribution in [0.2, 0.25) is 0 Å². The fraction of sp³-hybridized carbons (Fsp3) is 0.917. The summed E-state index contributed by atoms with van der Waals surface area (Å²) in [5.74, 6) is 0.413. The average Bonchev–Trinajstić information content (AvgIpc) is 2.32. The lowest BCUT2D eigenvalue weighted by molar-refractivity contribution is -0.122. The zero-order valence-electron chi connectivity index (χ0n) is 10.2. The summed E-state index contributed by atoms with van der Waals surface area (Å²) in [7, 11) is 0. The molecule has 2 fully saturated rings. The average molecular weight is 226 g/mol. The van der Waals surface area contributed by atoms with Gasteiger partial charge in [0.15, 0.2) is 0 Å². The molecule has 2 aliphatic rings. The van der Waals surface area contributed by atoms with E-state index < -0.39 is 0 Å². The minimum atomic E-state index is 0.335. The molecule has 2 heterocycles. The first-order chi connectivity index (χ1) is 7.78. The standard InChI is InChI=1S/C12H22N2O2/c1-2-13-7-8-16-12(9-13)10-14-5-3-11(15)4-6-14/h12H,2-10H2,1H3. The molecule has 0 amide bonds. The zero-order chi connectivity index (χ0) is 11.4. The van der Waals surface area contributed by atoms with E-state index in [9.17, 15) is 4.79 Å². The van der Waals surface area contributed by atoms with Crippen LogP contribution in [0.15, 0.2) is 0 Å². The van der Waals surface area contributed by atoms with Crippen molar-refractivity contribution in [2.24, 2.45) is 0 Å². The molecule has 4 nitrogen and oxygen atoms in total. The molecule has 0 aromatic heterocycles. The molecule has 4 heteroatoms. The van der Waals surface area contributed by atoms with Gasteiger partial charge in [0.25, 0.3) is 0 Å². The molecule has 1 atom stereocenters. The molecule has 1 unspecified atom stereocenters. The molecule has 0 aromatic carbocycles. The first kappa shape index (κ1) is 12.0. The number of hydrogen-bond acceptors (Lipinski definition) is 4. The quantitative estimate of drug-likeness (QED) is 0.696. The van der Waals surface area contributed by atoms with Crippen molar-refractivity contribution in [3.8, 4) is 0 Å². The number of nitrogens with zero attached hydrogens (tertiary/aromatic N) is 2. The number of rotatable bonds is 3. The monoisotopic (exact) mass is 226 g/mol. The summed E-state index contributed by atoms with van der Waals surface area (Å²) in [6, 6.07) is 0. The zero-order valence-corrected chi connectivity index (χ0v) is 10.2. The molecule has 92 valence electrons. The Morgan fingerprint density at radius 2 is 2.00 bits per heavy atom. The van der Waals surface area contributed by atoms with Crippen molar-refractivity contribution in [3.05, 3.63) is 0 Å². The van der Waals surface area contributed by atoms with Crippen LogP contribution < -0.4 is 0 Å². The lowest BCUT2D eigenvalue weighted by atomic mass is 10.1. The highest BCUT2D eigenvalue weighted by atomic mass is 16.5. The van der Waals surface area contributed by atoms with E-state index in [-0.39, 0.29) is 0 Å². The van der Waals surface area contributed by atoms with Gasteiger partial charge in [-0.2, -0.15) is 0 Å². The van der Waals surface area contributed by atoms with Gasteiger partial charge < -0.3 is 4.74 Å². The molecule has 0 N–H and O–H groups in total. The van der Waals surface area contributed by atoms with Crippen LogP contribution in [0.1, 0.15) is 19.8 Å². The number of hydrogen-bond donors (Lipinski definition) is 0. The number of likely N-dealkylation sites (tertiary alicyclic amines) is 1. The largest absolute Gasteiger partial charge is 0.374 e. The van der Waals surface area contributed by atoms with Crippen molar-refractivity contribution < 1.29 is 9.53 Å². The molecule has 0 radical (unpaired) electrons. The summed E-state index contributed by atoms with van der Waals surface area (Å²) >= 11 is 0. The molecule has 2 saturated heterocycles. The second-order valence-electron chi connectivity index (χ2n) is 4.73. The minimum absolute atomic E-state index is 0.335. The number of ether oxygens (including phenoxy) is 1. The van der Waals surface area contributed by atoms with Gasteiger partial charge in [-0.1, -0.05) is 6.92 Å². The lowest BCUT2D eigenvalue weighted by Gasteiger charge is -2.36. The van der Waals surface area contributed by atoms with Crippen molar-refractivity contribution in [1.82, 2.24) is 9.80 Å². The van der Waals surface area contributed by atoms with Gasteiger partial charge in [-0.25, -0.2) is 0 Å². The Balaban J connectivity index is 1.74. The third kappa shape index (κ3) is 3.27. The Bertz CT molecular complexity index is 235. The van der Waals surface area contributed by atoms with E-state index in [2.05, 4.69) is 16.7 Å². The number of ketones is 1. The third-order valence-corrected chi connectivity index (χ3v) is 3.55. The number of morpholine rings is 1. The van der Waals surface area contributed by atoms with Crippen LogP contribution in [-0.4, -0.2) is 67.6 Å². The van der Waals surface area contributed by atoms with Crippen LogP contribution in [0.5, 0.6) is 0 Å². The lowest BCUT2D eigenvalue weighted by Crippen LogP contribution is -2.48. The predicted molar refractivity (Wildman–Crippen MR) is 62.5 cm³/mol. The van der Waals surface area contributed by atoms with E-state index >= 15 is 0 Å². The van der Waals surface area contributed by atoms with E-state index in [0.29, 0.717) is 11.9 Å². The Morgan fingerprint density at radius 3 is 2.69 bits per heavy atom. The topological polar surface area (TPSA) is 32.8 Å². The van der Waals surface area contributed by atoms with Gasteiger partial charge in [-0.3, -0.25) is 14.6 Å². The van der Waals surface area contributed by atoms with Gasteiger partial charge in [0.05, 0.1) is 12.7 Å². The van der Waals surface area contributed by atoms with Crippen LogP contribution in [0, 0.1) is 0 Å². The Labute approximate surface area is 97.5 Å². The first-order valence-electron chi connectivity index (χ1n) is 6.36. The highest BCUT2D eigenvalue weighted by Crippen LogP contribution is 2.10. The SMILES string of the molecule is CCN1CCOC(CN2CCC(=O)CC2)C1. The van der Waals surface area contributed by atoms with Crippen LogP contribution in [0.4, 0.5) is 0 Å². The molecule has 0 saturated carbocycles. The smallest absolute Gasteiger partial charge is 0.135 e. The first-order valence-corrected chi connectivity index (χ1v) is 6.36. The fourth-order valence-electron chi connectivity index (χ4n) is 2.45. The summed E-state index contributed by atoms with van der Waals surface area (Å²) in [6.45, 7) is 9.09. The second kappa shape index (κ2) is 5.75. The highest BCUT2D eigenvalue weighted by Gasteiger charge is 2.24. The molecule has 0 spiro atoms. The molecular weight excluding hydrogens is 204 g/mol. The molecule has 0 bridgehead atoms.